The molecule has 0 aromatic heterocycles. The van der Waals surface area contributed by atoms with Crippen molar-refractivity contribution < 1.29 is 4.92 Å². The van der Waals surface area contributed by atoms with Crippen LogP contribution in [0.3, 0.4) is 0 Å². The van der Waals surface area contributed by atoms with Gasteiger partial charge in [-0.1, -0.05) is 30.3 Å². The van der Waals surface area contributed by atoms with Gasteiger partial charge in [0.25, 0.3) is 0 Å². The zero-order chi connectivity index (χ0) is 12.4. The molecule has 17 heavy (non-hydrogen) atoms. The molecule has 0 fully saturated rings. The Hall–Kier alpha value is -2.16. The molecule has 0 aliphatic rings. The van der Waals surface area contributed by atoms with Crippen LogP contribution in [0.2, 0.25) is 0 Å². The summed E-state index contributed by atoms with van der Waals surface area (Å²) in [5.74, 6) is 0. The van der Waals surface area contributed by atoms with Crippen molar-refractivity contribution in [2.24, 2.45) is 0 Å². The molecule has 0 aliphatic heterocycles. The summed E-state index contributed by atoms with van der Waals surface area (Å²) in [5.41, 5.74) is 3.16. The Morgan fingerprint density at radius 3 is 2.65 bits per heavy atom. The number of hydrogen-bond acceptors (Lipinski definition) is 2. The second-order valence-electron chi connectivity index (χ2n) is 4.05. The van der Waals surface area contributed by atoms with Gasteiger partial charge in [0.1, 0.15) is 0 Å². The smallest absolute Gasteiger partial charge is 0.235 e. The average Bonchev–Trinajstić information content (AvgIpc) is 2.29. The third kappa shape index (κ3) is 2.18. The standard InChI is InChI=1S/C14H13NO2/c1-10-9-12-5-3-4-6-14(12)13(11(10)2)7-8-15(16)17/h3-9H,1-2H3/b8-7+. The number of hydrogen-bond donors (Lipinski definition) is 0. The highest BCUT2D eigenvalue weighted by Crippen LogP contribution is 2.26. The number of nitrogens with zero attached hydrogens (tertiary/aromatic N) is 1. The molecule has 2 aromatic carbocycles. The summed E-state index contributed by atoms with van der Waals surface area (Å²) in [6.07, 6.45) is 2.57. The topological polar surface area (TPSA) is 43.1 Å². The Bertz CT molecular complexity index is 615. The summed E-state index contributed by atoms with van der Waals surface area (Å²) < 4.78 is 0. The molecule has 0 heterocycles. The van der Waals surface area contributed by atoms with E-state index < -0.39 is 4.92 Å². The maximum absolute atomic E-state index is 10.4. The minimum absolute atomic E-state index is 0.434. The van der Waals surface area contributed by atoms with Crippen molar-refractivity contribution in [2.45, 2.75) is 13.8 Å². The minimum atomic E-state index is -0.434. The first-order valence-electron chi connectivity index (χ1n) is 5.40. The van der Waals surface area contributed by atoms with Crippen LogP contribution in [0.25, 0.3) is 16.8 Å². The molecule has 0 amide bonds. The third-order valence-corrected chi connectivity index (χ3v) is 2.98. The Morgan fingerprint density at radius 1 is 1.24 bits per heavy atom. The van der Waals surface area contributed by atoms with Crippen LogP contribution in [0.4, 0.5) is 0 Å². The highest BCUT2D eigenvalue weighted by molar-refractivity contribution is 5.92. The molecule has 0 aliphatic carbocycles. The molecular weight excluding hydrogens is 214 g/mol. The molecule has 0 N–H and O–H groups in total. The highest BCUT2D eigenvalue weighted by Gasteiger charge is 2.05. The van der Waals surface area contributed by atoms with E-state index in [-0.39, 0.29) is 0 Å². The van der Waals surface area contributed by atoms with Crippen molar-refractivity contribution in [2.75, 3.05) is 0 Å². The van der Waals surface area contributed by atoms with Gasteiger partial charge in [0, 0.05) is 6.08 Å². The first-order chi connectivity index (χ1) is 8.09. The lowest BCUT2D eigenvalue weighted by Crippen LogP contribution is -1.90. The average molecular weight is 227 g/mol. The van der Waals surface area contributed by atoms with Gasteiger partial charge in [-0.25, -0.2) is 0 Å². The monoisotopic (exact) mass is 227 g/mol. The van der Waals surface area contributed by atoms with Gasteiger partial charge in [-0.15, -0.1) is 0 Å². The number of aryl methyl sites for hydroxylation is 1. The lowest BCUT2D eigenvalue weighted by Gasteiger charge is -2.09. The van der Waals surface area contributed by atoms with Crippen molar-refractivity contribution in [3.05, 3.63) is 63.3 Å². The fraction of sp³-hybridized carbons (Fsp3) is 0.143. The van der Waals surface area contributed by atoms with E-state index in [4.69, 9.17) is 0 Å². The molecule has 86 valence electrons. The van der Waals surface area contributed by atoms with Crippen LogP contribution in [0, 0.1) is 24.0 Å². The molecular formula is C14H13NO2. The van der Waals surface area contributed by atoms with E-state index in [1.807, 2.05) is 38.1 Å². The first kappa shape index (κ1) is 11.3. The maximum atomic E-state index is 10.4. The lowest BCUT2D eigenvalue weighted by atomic mass is 9.95. The number of benzene rings is 2. The molecule has 0 spiro atoms. The maximum Gasteiger partial charge on any atom is 0.235 e. The molecule has 0 unspecified atom stereocenters. The Kier molecular flexibility index (Phi) is 2.91. The van der Waals surface area contributed by atoms with Gasteiger partial charge in [0.2, 0.25) is 6.20 Å². The van der Waals surface area contributed by atoms with Crippen LogP contribution in [-0.2, 0) is 0 Å². The lowest BCUT2D eigenvalue weighted by molar-refractivity contribution is -0.400. The van der Waals surface area contributed by atoms with Crippen molar-refractivity contribution in [1.82, 2.24) is 0 Å². The molecule has 3 nitrogen and oxygen atoms in total. The second-order valence-corrected chi connectivity index (χ2v) is 4.05. The highest BCUT2D eigenvalue weighted by atomic mass is 16.6. The summed E-state index contributed by atoms with van der Waals surface area (Å²) in [6, 6.07) is 10.0. The largest absolute Gasteiger partial charge is 0.259 e. The van der Waals surface area contributed by atoms with E-state index in [1.165, 1.54) is 0 Å². The Balaban J connectivity index is 2.74. The molecule has 0 saturated carbocycles. The summed E-state index contributed by atoms with van der Waals surface area (Å²) >= 11 is 0. The van der Waals surface area contributed by atoms with Crippen molar-refractivity contribution in [1.29, 1.82) is 0 Å². The molecule has 0 saturated heterocycles. The minimum Gasteiger partial charge on any atom is -0.259 e. The Labute approximate surface area is 99.5 Å². The summed E-state index contributed by atoms with van der Waals surface area (Å²) in [5, 5.41) is 12.6. The van der Waals surface area contributed by atoms with Gasteiger partial charge >= 0.3 is 0 Å². The molecule has 0 atom stereocenters. The zero-order valence-corrected chi connectivity index (χ0v) is 9.81. The predicted octanol–water partition coefficient (Wildman–Crippen LogP) is 3.70. The molecule has 3 heteroatoms. The summed E-state index contributed by atoms with van der Waals surface area (Å²) in [4.78, 5) is 9.99. The Morgan fingerprint density at radius 2 is 1.94 bits per heavy atom. The van der Waals surface area contributed by atoms with Gasteiger partial charge in [0.05, 0.1) is 4.92 Å². The SMILES string of the molecule is Cc1cc2ccccc2c(/C=C/[N+](=O)[O-])c1C. The van der Waals surface area contributed by atoms with Gasteiger partial charge in [-0.3, -0.25) is 10.1 Å². The van der Waals surface area contributed by atoms with Crippen molar-refractivity contribution in [3.63, 3.8) is 0 Å². The normalized spacial score (nSPS) is 11.2. The van der Waals surface area contributed by atoms with Crippen LogP contribution >= 0.6 is 0 Å². The van der Waals surface area contributed by atoms with E-state index >= 15 is 0 Å². The van der Waals surface area contributed by atoms with Crippen LogP contribution in [-0.4, -0.2) is 4.92 Å². The quantitative estimate of drug-likeness (QED) is 0.580. The molecule has 2 aromatic rings. The molecule has 0 bridgehead atoms. The van der Waals surface area contributed by atoms with E-state index in [2.05, 4.69) is 6.07 Å². The van der Waals surface area contributed by atoms with Crippen molar-refractivity contribution in [3.8, 4) is 0 Å². The van der Waals surface area contributed by atoms with Crippen molar-refractivity contribution >= 4 is 16.8 Å². The zero-order valence-electron chi connectivity index (χ0n) is 9.81. The third-order valence-electron chi connectivity index (χ3n) is 2.98. The first-order valence-corrected chi connectivity index (χ1v) is 5.40. The van der Waals surface area contributed by atoms with Gasteiger partial charge in [-0.2, -0.15) is 0 Å². The molecule has 0 radical (unpaired) electrons. The van der Waals surface area contributed by atoms with Gasteiger partial charge in [-0.05, 0) is 41.3 Å². The molecule has 2 rings (SSSR count). The number of rotatable bonds is 2. The van der Waals surface area contributed by atoms with E-state index in [0.29, 0.717) is 0 Å². The van der Waals surface area contributed by atoms with Crippen LogP contribution in [0.15, 0.2) is 36.5 Å². The number of nitro groups is 1. The van der Waals surface area contributed by atoms with Gasteiger partial charge in [0.15, 0.2) is 0 Å². The van der Waals surface area contributed by atoms with Gasteiger partial charge < -0.3 is 0 Å². The van der Waals surface area contributed by atoms with E-state index in [1.54, 1.807) is 6.08 Å². The van der Waals surface area contributed by atoms with Crippen LogP contribution in [0.5, 0.6) is 0 Å². The second kappa shape index (κ2) is 4.37. The van der Waals surface area contributed by atoms with Crippen LogP contribution < -0.4 is 0 Å². The van der Waals surface area contributed by atoms with Crippen LogP contribution in [0.1, 0.15) is 16.7 Å². The van der Waals surface area contributed by atoms with E-state index in [0.717, 1.165) is 33.7 Å². The fourth-order valence-electron chi connectivity index (χ4n) is 1.97. The summed E-state index contributed by atoms with van der Waals surface area (Å²) in [6.45, 7) is 4.01. The number of fused-ring (bicyclic) bond motifs is 1. The summed E-state index contributed by atoms with van der Waals surface area (Å²) in [7, 11) is 0. The predicted molar refractivity (Wildman–Crippen MR) is 69.5 cm³/mol. The van der Waals surface area contributed by atoms with E-state index in [9.17, 15) is 10.1 Å². The fourth-order valence-corrected chi connectivity index (χ4v) is 1.97.